The minimum Gasteiger partial charge on any atom is -0.497 e. The first-order valence-electron chi connectivity index (χ1n) is 9.54. The van der Waals surface area contributed by atoms with E-state index in [0.717, 1.165) is 0 Å². The van der Waals surface area contributed by atoms with Gasteiger partial charge in [-0.05, 0) is 42.5 Å². The van der Waals surface area contributed by atoms with E-state index in [1.807, 2.05) is 24.3 Å². The number of pyridine rings is 1. The molecule has 5 rings (SSSR count). The number of para-hydroxylation sites is 2. The summed E-state index contributed by atoms with van der Waals surface area (Å²) < 4.78 is 13.0. The summed E-state index contributed by atoms with van der Waals surface area (Å²) in [7, 11) is 1.56. The Kier molecular flexibility index (Phi) is 4.48. The molecule has 0 spiro atoms. The predicted octanol–water partition coefficient (Wildman–Crippen LogP) is 5.40. The third kappa shape index (κ3) is 2.77. The van der Waals surface area contributed by atoms with E-state index in [-0.39, 0.29) is 16.9 Å². The fourth-order valence-electron chi connectivity index (χ4n) is 3.82. The number of hydrogen-bond acceptors (Lipinski definition) is 6. The number of nitriles is 2. The summed E-state index contributed by atoms with van der Waals surface area (Å²) in [5.41, 5.74) is 9.38. The van der Waals surface area contributed by atoms with Crippen LogP contribution in [-0.4, -0.2) is 16.5 Å². The van der Waals surface area contributed by atoms with Crippen molar-refractivity contribution in [3.63, 3.8) is 0 Å². The molecule has 2 N–H and O–H groups in total. The van der Waals surface area contributed by atoms with Gasteiger partial charge in [0.2, 0.25) is 0 Å². The number of fused-ring (bicyclic) bond motifs is 3. The van der Waals surface area contributed by atoms with Crippen LogP contribution in [0, 0.1) is 22.7 Å². The molecule has 5 aromatic rings. The second kappa shape index (κ2) is 7.35. The lowest BCUT2D eigenvalue weighted by Gasteiger charge is -2.11. The van der Waals surface area contributed by atoms with Gasteiger partial charge in [-0.25, -0.2) is 4.98 Å². The Morgan fingerprint density at radius 2 is 1.78 bits per heavy atom. The first kappa shape index (κ1) is 19.5. The largest absolute Gasteiger partial charge is 0.497 e. The first-order chi connectivity index (χ1) is 15.6. The number of rotatable bonds is 3. The number of ether oxygens (including phenoxy) is 1. The summed E-state index contributed by atoms with van der Waals surface area (Å²) in [5, 5.41) is 20.4. The van der Waals surface area contributed by atoms with Gasteiger partial charge in [0.05, 0.1) is 28.7 Å². The highest BCUT2D eigenvalue weighted by atomic mass is 35.5. The smallest absolute Gasteiger partial charge is 0.158 e. The molecule has 0 aliphatic heterocycles. The van der Waals surface area contributed by atoms with Crippen LogP contribution in [0.5, 0.6) is 5.75 Å². The number of halogens is 1. The van der Waals surface area contributed by atoms with E-state index in [1.165, 1.54) is 0 Å². The van der Waals surface area contributed by atoms with Crippen molar-refractivity contribution in [2.45, 2.75) is 0 Å². The van der Waals surface area contributed by atoms with Crippen LogP contribution in [0.15, 0.2) is 59.0 Å². The van der Waals surface area contributed by atoms with Gasteiger partial charge >= 0.3 is 0 Å². The molecule has 0 unspecified atom stereocenters. The molecule has 0 radical (unpaired) electrons. The number of hydrogen-bond donors (Lipinski definition) is 1. The summed E-state index contributed by atoms with van der Waals surface area (Å²) >= 11 is 6.36. The van der Waals surface area contributed by atoms with Gasteiger partial charge in [-0.15, -0.1) is 0 Å². The van der Waals surface area contributed by atoms with Crippen molar-refractivity contribution >= 4 is 34.1 Å². The Bertz CT molecular complexity index is 1620. The van der Waals surface area contributed by atoms with Gasteiger partial charge in [0.25, 0.3) is 0 Å². The van der Waals surface area contributed by atoms with Crippen LogP contribution in [0.1, 0.15) is 11.1 Å². The monoisotopic (exact) mass is 439 g/mol. The zero-order valence-electron chi connectivity index (χ0n) is 16.8. The molecule has 0 aliphatic rings. The van der Waals surface area contributed by atoms with Gasteiger partial charge in [-0.1, -0.05) is 23.7 Å². The summed E-state index contributed by atoms with van der Waals surface area (Å²) in [6, 6.07) is 20.3. The molecule has 2 aromatic carbocycles. The molecule has 0 amide bonds. The molecule has 0 fully saturated rings. The zero-order valence-corrected chi connectivity index (χ0v) is 17.5. The normalized spacial score (nSPS) is 10.9. The number of aromatic nitrogens is 2. The van der Waals surface area contributed by atoms with E-state index in [2.05, 4.69) is 17.1 Å². The minimum absolute atomic E-state index is 0.134. The Balaban J connectivity index is 1.80. The maximum atomic E-state index is 10.0. The molecule has 0 saturated carbocycles. The number of benzene rings is 2. The molecule has 3 heterocycles. The SMILES string of the molecule is COc1ccc(Cl)c(-c2ccc(-c3c(C#N)c(N)n4c(nc5ccccc54)c3C#N)o2)c1. The summed E-state index contributed by atoms with van der Waals surface area (Å²) in [5.74, 6) is 1.58. The molecular formula is C24H14ClN5O2. The fraction of sp³-hybridized carbons (Fsp3) is 0.0417. The lowest BCUT2D eigenvalue weighted by atomic mass is 10.0. The first-order valence-corrected chi connectivity index (χ1v) is 9.92. The quantitative estimate of drug-likeness (QED) is 0.402. The van der Waals surface area contributed by atoms with E-state index in [4.69, 9.17) is 26.5 Å². The number of nitrogens with two attached hydrogens (primary N) is 1. The predicted molar refractivity (Wildman–Crippen MR) is 121 cm³/mol. The number of nitrogens with zero attached hydrogens (tertiary/aromatic N) is 4. The molecular weight excluding hydrogens is 426 g/mol. The third-order valence-electron chi connectivity index (χ3n) is 5.30. The average molecular weight is 440 g/mol. The summed E-state index contributed by atoms with van der Waals surface area (Å²) in [6.45, 7) is 0. The van der Waals surface area contributed by atoms with E-state index < -0.39 is 0 Å². The van der Waals surface area contributed by atoms with Crippen LogP contribution in [0.3, 0.4) is 0 Å². The van der Waals surface area contributed by atoms with Crippen molar-refractivity contribution in [2.75, 3.05) is 12.8 Å². The van der Waals surface area contributed by atoms with Gasteiger partial charge in [0.1, 0.15) is 46.4 Å². The maximum Gasteiger partial charge on any atom is 0.158 e. The molecule has 3 aromatic heterocycles. The molecule has 0 bridgehead atoms. The van der Waals surface area contributed by atoms with E-state index in [0.29, 0.717) is 50.1 Å². The standard InChI is InChI=1S/C24H14ClN5O2/c1-31-13-6-7-17(25)14(10-13)20-8-9-21(32-20)22-15(11-26)23(28)30-19-5-3-2-4-18(19)29-24(30)16(22)12-27/h2-10H,28H2,1H3. The Morgan fingerprint density at radius 3 is 2.53 bits per heavy atom. The van der Waals surface area contributed by atoms with E-state index in [9.17, 15) is 10.5 Å². The van der Waals surface area contributed by atoms with Gasteiger partial charge < -0.3 is 14.9 Å². The summed E-state index contributed by atoms with van der Waals surface area (Å²) in [6.07, 6.45) is 0. The van der Waals surface area contributed by atoms with E-state index >= 15 is 0 Å². The van der Waals surface area contributed by atoms with Crippen molar-refractivity contribution in [3.05, 3.63) is 70.7 Å². The lowest BCUT2D eigenvalue weighted by Crippen LogP contribution is -2.05. The number of nitrogen functional groups attached to an aromatic ring is 1. The van der Waals surface area contributed by atoms with Gasteiger partial charge in [-0.2, -0.15) is 10.5 Å². The van der Waals surface area contributed by atoms with Gasteiger partial charge in [0, 0.05) is 5.56 Å². The van der Waals surface area contributed by atoms with Crippen molar-refractivity contribution in [1.82, 2.24) is 9.38 Å². The number of furan rings is 1. The lowest BCUT2D eigenvalue weighted by molar-refractivity contribution is 0.415. The second-order valence-corrected chi connectivity index (χ2v) is 7.41. The second-order valence-electron chi connectivity index (χ2n) is 7.00. The van der Waals surface area contributed by atoms with Crippen molar-refractivity contribution < 1.29 is 9.15 Å². The van der Waals surface area contributed by atoms with Crippen LogP contribution in [0.2, 0.25) is 5.02 Å². The van der Waals surface area contributed by atoms with Gasteiger partial charge in [-0.3, -0.25) is 4.40 Å². The van der Waals surface area contributed by atoms with Crippen LogP contribution in [0.4, 0.5) is 5.82 Å². The zero-order chi connectivity index (χ0) is 22.4. The van der Waals surface area contributed by atoms with Crippen LogP contribution in [-0.2, 0) is 0 Å². The van der Waals surface area contributed by atoms with E-state index in [1.54, 1.807) is 41.8 Å². The Morgan fingerprint density at radius 1 is 1.03 bits per heavy atom. The highest BCUT2D eigenvalue weighted by molar-refractivity contribution is 6.33. The Hall–Kier alpha value is -4.46. The third-order valence-corrected chi connectivity index (χ3v) is 5.63. The molecule has 0 aliphatic carbocycles. The molecule has 154 valence electrons. The number of anilines is 1. The van der Waals surface area contributed by atoms with Crippen LogP contribution >= 0.6 is 11.6 Å². The Labute approximate surface area is 187 Å². The molecule has 0 atom stereocenters. The summed E-state index contributed by atoms with van der Waals surface area (Å²) in [4.78, 5) is 4.58. The highest BCUT2D eigenvalue weighted by Gasteiger charge is 2.25. The number of methoxy groups -OCH3 is 1. The topological polar surface area (TPSA) is 113 Å². The van der Waals surface area contributed by atoms with Crippen LogP contribution < -0.4 is 10.5 Å². The average Bonchev–Trinajstić information content (AvgIpc) is 3.44. The highest BCUT2D eigenvalue weighted by Crippen LogP contribution is 2.39. The minimum atomic E-state index is 0.134. The van der Waals surface area contributed by atoms with Crippen molar-refractivity contribution in [1.29, 1.82) is 10.5 Å². The van der Waals surface area contributed by atoms with Gasteiger partial charge in [0.15, 0.2) is 5.65 Å². The van der Waals surface area contributed by atoms with Crippen molar-refractivity contribution in [2.24, 2.45) is 0 Å². The molecule has 7 nitrogen and oxygen atoms in total. The number of imidazole rings is 1. The fourth-order valence-corrected chi connectivity index (χ4v) is 4.03. The molecule has 0 saturated heterocycles. The molecule has 32 heavy (non-hydrogen) atoms. The molecule has 8 heteroatoms. The maximum absolute atomic E-state index is 10.0. The van der Waals surface area contributed by atoms with Crippen molar-refractivity contribution in [3.8, 4) is 40.5 Å². The van der Waals surface area contributed by atoms with Crippen LogP contribution in [0.25, 0.3) is 39.3 Å².